The number of hydrogen-bond donors (Lipinski definition) is 3. The Morgan fingerprint density at radius 1 is 1.31 bits per heavy atom. The second-order valence-corrected chi connectivity index (χ2v) is 3.44. The summed E-state index contributed by atoms with van der Waals surface area (Å²) in [6, 6.07) is -0.185. The van der Waals surface area contributed by atoms with Gasteiger partial charge in [0.2, 0.25) is 11.8 Å². The summed E-state index contributed by atoms with van der Waals surface area (Å²) in [5.74, 6) is 0.343. The summed E-state index contributed by atoms with van der Waals surface area (Å²) in [5.41, 5.74) is 0. The normalized spacial score (nSPS) is 14.2. The lowest BCUT2D eigenvalue weighted by atomic mass is 10.3. The quantitative estimate of drug-likeness (QED) is 0.650. The van der Waals surface area contributed by atoms with E-state index in [0.29, 0.717) is 5.89 Å². The molecule has 3 N–H and O–H groups in total. The predicted molar refractivity (Wildman–Crippen MR) is 58.9 cm³/mol. The van der Waals surface area contributed by atoms with Gasteiger partial charge in [-0.3, -0.25) is 4.79 Å². The fourth-order valence-electron chi connectivity index (χ4n) is 1.06. The van der Waals surface area contributed by atoms with E-state index in [4.69, 9.17) is 4.42 Å². The van der Waals surface area contributed by atoms with Gasteiger partial charge in [0.05, 0.1) is 6.04 Å². The van der Waals surface area contributed by atoms with E-state index in [1.165, 1.54) is 0 Å². The molecule has 2 unspecified atom stereocenters. The van der Waals surface area contributed by atoms with Crippen molar-refractivity contribution in [3.05, 3.63) is 5.89 Å². The van der Waals surface area contributed by atoms with Crippen LogP contribution in [0.4, 0.5) is 6.01 Å². The number of amides is 1. The minimum atomic E-state index is -0.414. The lowest BCUT2D eigenvalue weighted by Crippen LogP contribution is -2.35. The van der Waals surface area contributed by atoms with E-state index in [2.05, 4.69) is 26.1 Å². The lowest BCUT2D eigenvalue weighted by Gasteiger charge is -2.09. The average molecular weight is 227 g/mol. The lowest BCUT2D eigenvalue weighted by molar-refractivity contribution is -0.121. The van der Waals surface area contributed by atoms with Crippen LogP contribution in [0.15, 0.2) is 4.42 Å². The molecule has 0 aliphatic heterocycles. The van der Waals surface area contributed by atoms with Crippen molar-refractivity contribution < 1.29 is 9.21 Å². The molecular formula is C9H17N5O2. The van der Waals surface area contributed by atoms with Crippen molar-refractivity contribution in [3.8, 4) is 0 Å². The standard InChI is InChI=1S/C9H17N5O2/c1-5(7(15)11-4)12-9-14-13-8(16-9)6(2)10-3/h5-6,10H,1-4H3,(H,11,15)(H,12,14). The van der Waals surface area contributed by atoms with Crippen LogP contribution in [0.3, 0.4) is 0 Å². The van der Waals surface area contributed by atoms with Crippen LogP contribution in [0.2, 0.25) is 0 Å². The molecule has 1 aromatic rings. The van der Waals surface area contributed by atoms with Gasteiger partial charge in [-0.25, -0.2) is 0 Å². The minimum Gasteiger partial charge on any atom is -0.406 e. The summed E-state index contributed by atoms with van der Waals surface area (Å²) in [6.07, 6.45) is 0. The van der Waals surface area contributed by atoms with E-state index in [-0.39, 0.29) is 18.0 Å². The first-order valence-electron chi connectivity index (χ1n) is 5.07. The van der Waals surface area contributed by atoms with Gasteiger partial charge in [0, 0.05) is 7.05 Å². The van der Waals surface area contributed by atoms with Crippen LogP contribution < -0.4 is 16.0 Å². The highest BCUT2D eigenvalue weighted by molar-refractivity contribution is 5.83. The van der Waals surface area contributed by atoms with Crippen molar-refractivity contribution in [2.24, 2.45) is 0 Å². The summed E-state index contributed by atoms with van der Waals surface area (Å²) in [6.45, 7) is 3.61. The van der Waals surface area contributed by atoms with Gasteiger partial charge in [-0.15, -0.1) is 5.10 Å². The van der Waals surface area contributed by atoms with Crippen LogP contribution >= 0.6 is 0 Å². The number of carbonyl (C=O) groups is 1. The first-order chi connectivity index (χ1) is 7.58. The molecule has 7 heteroatoms. The third kappa shape index (κ3) is 2.93. The Bertz CT molecular complexity index is 351. The molecule has 7 nitrogen and oxygen atoms in total. The Labute approximate surface area is 94.0 Å². The molecule has 90 valence electrons. The van der Waals surface area contributed by atoms with Crippen LogP contribution in [0.25, 0.3) is 0 Å². The molecule has 0 radical (unpaired) electrons. The fraction of sp³-hybridized carbons (Fsp3) is 0.667. The molecule has 1 heterocycles. The van der Waals surface area contributed by atoms with Crippen molar-refractivity contribution in [1.29, 1.82) is 0 Å². The van der Waals surface area contributed by atoms with Gasteiger partial charge in [0.15, 0.2) is 0 Å². The summed E-state index contributed by atoms with van der Waals surface area (Å²) in [5, 5.41) is 16.0. The van der Waals surface area contributed by atoms with E-state index < -0.39 is 6.04 Å². The molecule has 0 fully saturated rings. The summed E-state index contributed by atoms with van der Waals surface area (Å²) in [4.78, 5) is 11.2. The van der Waals surface area contributed by atoms with Crippen LogP contribution in [0, 0.1) is 0 Å². The third-order valence-corrected chi connectivity index (χ3v) is 2.22. The number of anilines is 1. The number of likely N-dealkylation sites (N-methyl/N-ethyl adjacent to an activating group) is 1. The van der Waals surface area contributed by atoms with Crippen LogP contribution in [0.1, 0.15) is 25.8 Å². The average Bonchev–Trinajstić information content (AvgIpc) is 2.75. The molecule has 2 atom stereocenters. The van der Waals surface area contributed by atoms with Crippen LogP contribution in [0.5, 0.6) is 0 Å². The van der Waals surface area contributed by atoms with E-state index in [0.717, 1.165) is 0 Å². The molecule has 0 saturated carbocycles. The molecule has 0 aliphatic carbocycles. The van der Waals surface area contributed by atoms with E-state index in [1.54, 1.807) is 21.0 Å². The largest absolute Gasteiger partial charge is 0.406 e. The van der Waals surface area contributed by atoms with Gasteiger partial charge in [0.1, 0.15) is 6.04 Å². The van der Waals surface area contributed by atoms with Gasteiger partial charge in [-0.1, -0.05) is 5.10 Å². The zero-order valence-electron chi connectivity index (χ0n) is 9.87. The highest BCUT2D eigenvalue weighted by Gasteiger charge is 2.16. The minimum absolute atomic E-state index is 0.0154. The Balaban J connectivity index is 2.61. The van der Waals surface area contributed by atoms with Crippen LogP contribution in [-0.4, -0.2) is 36.2 Å². The summed E-state index contributed by atoms with van der Waals surface area (Å²) < 4.78 is 5.33. The first kappa shape index (κ1) is 12.4. The zero-order valence-corrected chi connectivity index (χ0v) is 9.87. The van der Waals surface area contributed by atoms with Crippen LogP contribution in [-0.2, 0) is 4.79 Å². The summed E-state index contributed by atoms with van der Waals surface area (Å²) >= 11 is 0. The molecule has 0 bridgehead atoms. The van der Waals surface area contributed by atoms with Crippen molar-refractivity contribution in [3.63, 3.8) is 0 Å². The number of aromatic nitrogens is 2. The summed E-state index contributed by atoms with van der Waals surface area (Å²) in [7, 11) is 3.37. The Morgan fingerprint density at radius 2 is 2.00 bits per heavy atom. The number of rotatable bonds is 5. The first-order valence-corrected chi connectivity index (χ1v) is 5.07. The maximum absolute atomic E-state index is 11.2. The Kier molecular flexibility index (Phi) is 4.24. The second-order valence-electron chi connectivity index (χ2n) is 3.44. The van der Waals surface area contributed by atoms with Gasteiger partial charge in [-0.2, -0.15) is 0 Å². The molecule has 1 aromatic heterocycles. The van der Waals surface area contributed by atoms with Crippen molar-refractivity contribution in [2.75, 3.05) is 19.4 Å². The van der Waals surface area contributed by atoms with Crippen molar-refractivity contribution in [1.82, 2.24) is 20.8 Å². The smallest absolute Gasteiger partial charge is 0.316 e. The molecule has 1 amide bonds. The van der Waals surface area contributed by atoms with E-state index in [9.17, 15) is 4.79 Å². The maximum Gasteiger partial charge on any atom is 0.316 e. The molecule has 0 aliphatic rings. The Morgan fingerprint density at radius 3 is 2.56 bits per heavy atom. The maximum atomic E-state index is 11.2. The third-order valence-electron chi connectivity index (χ3n) is 2.22. The van der Waals surface area contributed by atoms with Gasteiger partial charge < -0.3 is 20.4 Å². The predicted octanol–water partition coefficient (Wildman–Crippen LogP) is -0.104. The molecule has 0 aromatic carbocycles. The van der Waals surface area contributed by atoms with E-state index in [1.807, 2.05) is 6.92 Å². The highest BCUT2D eigenvalue weighted by atomic mass is 16.4. The molecule has 0 saturated heterocycles. The topological polar surface area (TPSA) is 92.1 Å². The molecule has 16 heavy (non-hydrogen) atoms. The molecular weight excluding hydrogens is 210 g/mol. The number of carbonyl (C=O) groups excluding carboxylic acids is 1. The highest BCUT2D eigenvalue weighted by Crippen LogP contribution is 2.13. The van der Waals surface area contributed by atoms with Gasteiger partial charge >= 0.3 is 6.01 Å². The van der Waals surface area contributed by atoms with Crippen molar-refractivity contribution >= 4 is 11.9 Å². The van der Waals surface area contributed by atoms with E-state index >= 15 is 0 Å². The SMILES string of the molecule is CNC(=O)C(C)Nc1nnc(C(C)NC)o1. The number of nitrogens with zero attached hydrogens (tertiary/aromatic N) is 2. The number of hydrogen-bond acceptors (Lipinski definition) is 6. The molecule has 0 spiro atoms. The van der Waals surface area contributed by atoms with Gasteiger partial charge in [0.25, 0.3) is 0 Å². The number of nitrogens with one attached hydrogen (secondary N) is 3. The fourth-order valence-corrected chi connectivity index (χ4v) is 1.06. The Hall–Kier alpha value is -1.63. The van der Waals surface area contributed by atoms with Gasteiger partial charge in [-0.05, 0) is 20.9 Å². The molecule has 1 rings (SSSR count). The zero-order chi connectivity index (χ0) is 12.1. The van der Waals surface area contributed by atoms with Crippen molar-refractivity contribution in [2.45, 2.75) is 25.9 Å². The monoisotopic (exact) mass is 227 g/mol. The second kappa shape index (κ2) is 5.45.